The van der Waals surface area contributed by atoms with Gasteiger partial charge in [0.2, 0.25) is 3.79 Å². The molecule has 0 bridgehead atoms. The Morgan fingerprint density at radius 2 is 1.77 bits per heavy atom. The van der Waals surface area contributed by atoms with Crippen LogP contribution in [0.15, 0.2) is 42.5 Å². The molecule has 3 nitrogen and oxygen atoms in total. The van der Waals surface area contributed by atoms with Gasteiger partial charge in [0.1, 0.15) is 0 Å². The first-order valence-electron chi connectivity index (χ1n) is 8.02. The normalized spacial score (nSPS) is 11.3. The first-order valence-corrected chi connectivity index (χ1v) is 9.53. The summed E-state index contributed by atoms with van der Waals surface area (Å²) in [5.41, 5.74) is 3.28. The number of carbonyl (C=O) groups is 1. The maximum absolute atomic E-state index is 11.6. The number of rotatable bonds is 6. The largest absolute Gasteiger partial charge is 0.466 e. The van der Waals surface area contributed by atoms with E-state index in [0.29, 0.717) is 23.7 Å². The van der Waals surface area contributed by atoms with Gasteiger partial charge in [-0.2, -0.15) is 0 Å². The third-order valence-electron chi connectivity index (χ3n) is 3.81. The van der Waals surface area contributed by atoms with E-state index in [1.54, 1.807) is 25.1 Å². The van der Waals surface area contributed by atoms with Crippen LogP contribution in [0.3, 0.4) is 0 Å². The van der Waals surface area contributed by atoms with Crippen molar-refractivity contribution in [3.8, 4) is 0 Å². The minimum Gasteiger partial charge on any atom is -0.466 e. The summed E-state index contributed by atoms with van der Waals surface area (Å²) < 4.78 is 3.44. The van der Waals surface area contributed by atoms with Crippen LogP contribution >= 0.6 is 46.4 Å². The van der Waals surface area contributed by atoms with Gasteiger partial charge < -0.3 is 9.64 Å². The van der Waals surface area contributed by atoms with E-state index in [1.807, 2.05) is 36.2 Å². The Hall–Kier alpha value is -1.13. The van der Waals surface area contributed by atoms with Crippen molar-refractivity contribution in [2.75, 3.05) is 18.6 Å². The van der Waals surface area contributed by atoms with E-state index in [-0.39, 0.29) is 12.4 Å². The molecule has 7 heteroatoms. The fourth-order valence-electron chi connectivity index (χ4n) is 2.56. The highest BCUT2D eigenvalue weighted by molar-refractivity contribution is 6.66. The fraction of sp³-hybridized carbons (Fsp3) is 0.316. The topological polar surface area (TPSA) is 29.5 Å². The van der Waals surface area contributed by atoms with Gasteiger partial charge in [-0.3, -0.25) is 4.79 Å². The van der Waals surface area contributed by atoms with E-state index in [2.05, 4.69) is 0 Å². The van der Waals surface area contributed by atoms with Gasteiger partial charge in [0.05, 0.1) is 13.0 Å². The highest BCUT2D eigenvalue weighted by Gasteiger charge is 2.26. The number of esters is 1. The molecule has 0 atom stereocenters. The van der Waals surface area contributed by atoms with Crippen molar-refractivity contribution in [3.63, 3.8) is 0 Å². The van der Waals surface area contributed by atoms with Gasteiger partial charge in [0.25, 0.3) is 0 Å². The second-order valence-corrected chi connectivity index (χ2v) is 8.52. The Labute approximate surface area is 173 Å². The lowest BCUT2D eigenvalue weighted by atomic mass is 10.1. The standard InChI is InChI=1S/C19H19Cl4NO2/c1-3-26-18(25)10-13-4-7-16(8-5-13)24(2)12-14-11-15(20)6-9-17(14)19(21,22)23/h4-9,11H,3,10,12H2,1-2H3. The van der Waals surface area contributed by atoms with Gasteiger partial charge in [-0.15, -0.1) is 0 Å². The zero-order chi connectivity index (χ0) is 19.3. The average molecular weight is 435 g/mol. The summed E-state index contributed by atoms with van der Waals surface area (Å²) in [6.45, 7) is 2.68. The molecule has 0 aromatic heterocycles. The number of anilines is 1. The van der Waals surface area contributed by atoms with Crippen LogP contribution in [0, 0.1) is 0 Å². The maximum atomic E-state index is 11.6. The van der Waals surface area contributed by atoms with Crippen LogP contribution < -0.4 is 4.90 Å². The number of alkyl halides is 3. The molecule has 0 amide bonds. The number of hydrogen-bond acceptors (Lipinski definition) is 3. The van der Waals surface area contributed by atoms with Crippen LogP contribution in [-0.4, -0.2) is 19.6 Å². The van der Waals surface area contributed by atoms with E-state index in [4.69, 9.17) is 51.1 Å². The Balaban J connectivity index is 2.14. The van der Waals surface area contributed by atoms with Crippen molar-refractivity contribution >= 4 is 58.1 Å². The number of halogens is 4. The van der Waals surface area contributed by atoms with Crippen LogP contribution in [0.4, 0.5) is 5.69 Å². The molecule has 0 unspecified atom stereocenters. The SMILES string of the molecule is CCOC(=O)Cc1ccc(N(C)Cc2cc(Cl)ccc2C(Cl)(Cl)Cl)cc1. The van der Waals surface area contributed by atoms with Crippen LogP contribution in [0.2, 0.25) is 5.02 Å². The van der Waals surface area contributed by atoms with E-state index in [9.17, 15) is 4.79 Å². The molecule has 2 aromatic rings. The molecule has 0 saturated heterocycles. The third-order valence-corrected chi connectivity index (χ3v) is 4.66. The maximum Gasteiger partial charge on any atom is 0.310 e. The molecule has 0 spiro atoms. The molecule has 0 aliphatic heterocycles. The Kier molecular flexibility index (Phi) is 7.48. The minimum absolute atomic E-state index is 0.236. The van der Waals surface area contributed by atoms with Crippen molar-refractivity contribution in [1.82, 2.24) is 0 Å². The van der Waals surface area contributed by atoms with Crippen molar-refractivity contribution in [3.05, 3.63) is 64.2 Å². The quantitative estimate of drug-likeness (QED) is 0.418. The summed E-state index contributed by atoms with van der Waals surface area (Å²) in [4.78, 5) is 13.6. The summed E-state index contributed by atoms with van der Waals surface area (Å²) in [5, 5.41) is 0.580. The number of ether oxygens (including phenoxy) is 1. The monoisotopic (exact) mass is 433 g/mol. The molecule has 0 fully saturated rings. The van der Waals surface area contributed by atoms with Crippen LogP contribution in [0.5, 0.6) is 0 Å². The lowest BCUT2D eigenvalue weighted by Gasteiger charge is -2.24. The molecule has 0 aliphatic carbocycles. The summed E-state index contributed by atoms with van der Waals surface area (Å²) in [6, 6.07) is 12.9. The summed E-state index contributed by atoms with van der Waals surface area (Å²) >= 11 is 24.3. The fourth-order valence-corrected chi connectivity index (χ4v) is 3.31. The van der Waals surface area contributed by atoms with Crippen molar-refractivity contribution < 1.29 is 9.53 Å². The van der Waals surface area contributed by atoms with Gasteiger partial charge in [-0.1, -0.05) is 64.6 Å². The van der Waals surface area contributed by atoms with Crippen LogP contribution in [-0.2, 0) is 26.3 Å². The Morgan fingerprint density at radius 1 is 1.12 bits per heavy atom. The minimum atomic E-state index is -1.52. The summed E-state index contributed by atoms with van der Waals surface area (Å²) in [5.74, 6) is -0.236. The van der Waals surface area contributed by atoms with Gasteiger partial charge >= 0.3 is 5.97 Å². The number of hydrogen-bond donors (Lipinski definition) is 0. The van der Waals surface area contributed by atoms with E-state index in [1.165, 1.54) is 0 Å². The molecule has 140 valence electrons. The first-order chi connectivity index (χ1) is 12.2. The molecule has 2 rings (SSSR count). The van der Waals surface area contributed by atoms with Gasteiger partial charge in [0, 0.05) is 29.9 Å². The molecular weight excluding hydrogens is 416 g/mol. The number of benzene rings is 2. The number of carbonyl (C=O) groups excluding carboxylic acids is 1. The van der Waals surface area contributed by atoms with Crippen molar-refractivity contribution in [2.24, 2.45) is 0 Å². The zero-order valence-corrected chi connectivity index (χ0v) is 17.5. The third kappa shape index (κ3) is 5.95. The second-order valence-electron chi connectivity index (χ2n) is 5.80. The predicted molar refractivity (Wildman–Crippen MR) is 110 cm³/mol. The number of nitrogens with zero attached hydrogens (tertiary/aromatic N) is 1. The molecule has 26 heavy (non-hydrogen) atoms. The Morgan fingerprint density at radius 3 is 2.35 bits per heavy atom. The van der Waals surface area contributed by atoms with Gasteiger partial charge in [-0.25, -0.2) is 0 Å². The zero-order valence-electron chi connectivity index (χ0n) is 14.4. The highest BCUT2D eigenvalue weighted by atomic mass is 35.6. The lowest BCUT2D eigenvalue weighted by molar-refractivity contribution is -0.142. The van der Waals surface area contributed by atoms with E-state index >= 15 is 0 Å². The molecule has 0 N–H and O–H groups in total. The molecule has 0 heterocycles. The van der Waals surface area contributed by atoms with Gasteiger partial charge in [-0.05, 0) is 42.3 Å². The Bertz CT molecular complexity index is 757. The summed E-state index contributed by atoms with van der Waals surface area (Å²) in [6.07, 6.45) is 0.254. The molecular formula is C19H19Cl4NO2. The van der Waals surface area contributed by atoms with E-state index < -0.39 is 3.79 Å². The van der Waals surface area contributed by atoms with Crippen molar-refractivity contribution in [1.29, 1.82) is 0 Å². The highest BCUT2D eigenvalue weighted by Crippen LogP contribution is 2.41. The van der Waals surface area contributed by atoms with Gasteiger partial charge in [0.15, 0.2) is 0 Å². The first kappa shape index (κ1) is 21.2. The van der Waals surface area contributed by atoms with Crippen LogP contribution in [0.1, 0.15) is 23.6 Å². The van der Waals surface area contributed by atoms with Crippen LogP contribution in [0.25, 0.3) is 0 Å². The lowest BCUT2D eigenvalue weighted by Crippen LogP contribution is -2.19. The van der Waals surface area contributed by atoms with Crippen molar-refractivity contribution in [2.45, 2.75) is 23.7 Å². The predicted octanol–water partition coefficient (Wildman–Crippen LogP) is 5.91. The second kappa shape index (κ2) is 9.18. The molecule has 0 aliphatic rings. The molecule has 0 radical (unpaired) electrons. The molecule has 2 aromatic carbocycles. The van der Waals surface area contributed by atoms with E-state index in [0.717, 1.165) is 16.8 Å². The summed E-state index contributed by atoms with van der Waals surface area (Å²) in [7, 11) is 1.93. The smallest absolute Gasteiger partial charge is 0.310 e. The molecule has 0 saturated carbocycles. The average Bonchev–Trinajstić information content (AvgIpc) is 2.54.